The summed E-state index contributed by atoms with van der Waals surface area (Å²) in [6.07, 6.45) is 0.0696. The predicted octanol–water partition coefficient (Wildman–Crippen LogP) is 2.51. The Labute approximate surface area is 140 Å². The molecule has 0 aliphatic carbocycles. The Hall–Kier alpha value is -0.630. The second kappa shape index (κ2) is 8.12. The highest BCUT2D eigenvalue weighted by atomic mass is 79.9. The molecule has 0 radical (unpaired) electrons. The molecule has 0 rings (SSSR count). The first-order chi connectivity index (χ1) is 9.35. The molecule has 1 unspecified atom stereocenters. The Morgan fingerprint density at radius 2 is 1.43 bits per heavy atom. The normalized spacial score (nSPS) is 13.4. The van der Waals surface area contributed by atoms with Crippen molar-refractivity contribution in [2.75, 3.05) is 13.2 Å². The number of carboxylic acids is 1. The summed E-state index contributed by atoms with van der Waals surface area (Å²) in [5.74, 6) is -3.06. The van der Waals surface area contributed by atoms with Gasteiger partial charge in [-0.2, -0.15) is 0 Å². The van der Waals surface area contributed by atoms with E-state index in [0.29, 0.717) is 0 Å². The number of rotatable bonds is 8. The van der Waals surface area contributed by atoms with E-state index in [0.717, 1.165) is 0 Å². The van der Waals surface area contributed by atoms with Gasteiger partial charge in [0, 0.05) is 0 Å². The van der Waals surface area contributed by atoms with Gasteiger partial charge >= 0.3 is 17.9 Å². The Morgan fingerprint density at radius 1 is 1.00 bits per heavy atom. The van der Waals surface area contributed by atoms with Crippen LogP contribution < -0.4 is 0 Å². The summed E-state index contributed by atoms with van der Waals surface area (Å²) < 4.78 is 8.21. The van der Waals surface area contributed by atoms with Gasteiger partial charge in [0.05, 0.1) is 12.5 Å². The van der Waals surface area contributed by atoms with Crippen molar-refractivity contribution in [1.82, 2.24) is 0 Å². The van der Waals surface area contributed by atoms with E-state index in [9.17, 15) is 14.4 Å². The molecule has 0 amide bonds. The van der Waals surface area contributed by atoms with Gasteiger partial charge < -0.3 is 14.6 Å². The first-order valence-electron chi connectivity index (χ1n) is 6.30. The molecule has 6 nitrogen and oxygen atoms in total. The number of ether oxygens (including phenoxy) is 2. The number of esters is 2. The molecule has 0 bridgehead atoms. The Morgan fingerprint density at radius 3 is 1.81 bits per heavy atom. The first-order valence-corrected chi connectivity index (χ1v) is 7.89. The highest BCUT2D eigenvalue weighted by Crippen LogP contribution is 2.19. The lowest BCUT2D eigenvalue weighted by Gasteiger charge is -2.19. The number of carbonyl (C=O) groups excluding carboxylic acids is 2. The lowest BCUT2D eigenvalue weighted by Crippen LogP contribution is -2.32. The molecule has 0 aliphatic heterocycles. The van der Waals surface area contributed by atoms with Crippen LogP contribution in [0.5, 0.6) is 0 Å². The molecule has 0 fully saturated rings. The average Bonchev–Trinajstić information content (AvgIpc) is 2.29. The maximum Gasteiger partial charge on any atom is 0.322 e. The number of carboxylic acid groups (broad SMARTS) is 1. The van der Waals surface area contributed by atoms with Crippen LogP contribution in [0.4, 0.5) is 0 Å². The Kier molecular flexibility index (Phi) is 7.88. The third-order valence-electron chi connectivity index (χ3n) is 2.44. The van der Waals surface area contributed by atoms with Gasteiger partial charge in [-0.3, -0.25) is 14.4 Å². The van der Waals surface area contributed by atoms with Crippen LogP contribution in [0.15, 0.2) is 0 Å². The van der Waals surface area contributed by atoms with E-state index in [4.69, 9.17) is 14.6 Å². The van der Waals surface area contributed by atoms with Crippen LogP contribution in [0.2, 0.25) is 0 Å². The van der Waals surface area contributed by atoms with Gasteiger partial charge in [0.15, 0.2) is 0 Å². The van der Waals surface area contributed by atoms with E-state index in [-0.39, 0.29) is 19.6 Å². The van der Waals surface area contributed by atoms with Gasteiger partial charge in [-0.15, -0.1) is 0 Å². The fourth-order valence-electron chi connectivity index (χ4n) is 1.09. The molecule has 8 heteroatoms. The van der Waals surface area contributed by atoms with Crippen molar-refractivity contribution in [3.8, 4) is 0 Å². The number of aliphatic carboxylic acids is 1. The molecule has 1 N–H and O–H groups in total. The quantitative estimate of drug-likeness (QED) is 0.469. The minimum Gasteiger partial charge on any atom is -0.481 e. The SMILES string of the molecule is CC(C)(Br)C(=O)OCCC(COC(=O)C(C)(C)Br)C(=O)O. The molecule has 122 valence electrons. The molecule has 0 aromatic heterocycles. The van der Waals surface area contributed by atoms with E-state index < -0.39 is 32.5 Å². The minimum atomic E-state index is -1.11. The van der Waals surface area contributed by atoms with Crippen molar-refractivity contribution < 1.29 is 29.0 Å². The van der Waals surface area contributed by atoms with Gasteiger partial charge in [-0.05, 0) is 34.1 Å². The van der Waals surface area contributed by atoms with Gasteiger partial charge in [0.1, 0.15) is 15.3 Å². The molecular weight excluding hydrogens is 412 g/mol. The molecule has 0 heterocycles. The number of halogens is 2. The second-order valence-corrected chi connectivity index (χ2v) is 9.47. The first kappa shape index (κ1) is 20.4. The third kappa shape index (κ3) is 8.40. The van der Waals surface area contributed by atoms with Crippen LogP contribution in [0.3, 0.4) is 0 Å². The zero-order valence-corrected chi connectivity index (χ0v) is 15.6. The summed E-state index contributed by atoms with van der Waals surface area (Å²) in [6.45, 7) is 6.14. The van der Waals surface area contributed by atoms with Crippen LogP contribution in [0.1, 0.15) is 34.1 Å². The Balaban J connectivity index is 4.31. The molecule has 0 saturated heterocycles. The molecular formula is C13H20Br2O6. The van der Waals surface area contributed by atoms with Gasteiger partial charge in [0.25, 0.3) is 0 Å². The van der Waals surface area contributed by atoms with Gasteiger partial charge in [-0.25, -0.2) is 0 Å². The van der Waals surface area contributed by atoms with Crippen molar-refractivity contribution in [1.29, 1.82) is 0 Å². The summed E-state index contributed by atoms with van der Waals surface area (Å²) in [4.78, 5) is 34.1. The average molecular weight is 432 g/mol. The van der Waals surface area contributed by atoms with Crippen molar-refractivity contribution in [3.05, 3.63) is 0 Å². The van der Waals surface area contributed by atoms with Gasteiger partial charge in [0.2, 0.25) is 0 Å². The molecule has 0 aliphatic rings. The summed E-state index contributed by atoms with van der Waals surface area (Å²) in [5.41, 5.74) is 0. The molecule has 1 atom stereocenters. The topological polar surface area (TPSA) is 89.9 Å². The monoisotopic (exact) mass is 430 g/mol. The molecule has 21 heavy (non-hydrogen) atoms. The van der Waals surface area contributed by atoms with Crippen molar-refractivity contribution in [2.45, 2.75) is 42.8 Å². The molecule has 0 saturated carbocycles. The second-order valence-electron chi connectivity index (χ2n) is 5.50. The lowest BCUT2D eigenvalue weighted by atomic mass is 10.1. The lowest BCUT2D eigenvalue weighted by molar-refractivity contribution is -0.155. The van der Waals surface area contributed by atoms with Gasteiger partial charge in [-0.1, -0.05) is 31.9 Å². The van der Waals surface area contributed by atoms with Crippen LogP contribution in [-0.4, -0.2) is 44.9 Å². The number of hydrogen-bond donors (Lipinski definition) is 1. The van der Waals surface area contributed by atoms with Crippen molar-refractivity contribution >= 4 is 49.8 Å². The maximum atomic E-state index is 11.6. The molecule has 0 aromatic carbocycles. The highest BCUT2D eigenvalue weighted by molar-refractivity contribution is 9.10. The smallest absolute Gasteiger partial charge is 0.322 e. The highest BCUT2D eigenvalue weighted by Gasteiger charge is 2.29. The van der Waals surface area contributed by atoms with E-state index >= 15 is 0 Å². The maximum absolute atomic E-state index is 11.6. The molecule has 0 spiro atoms. The number of alkyl halides is 2. The zero-order chi connectivity index (χ0) is 16.8. The number of carbonyl (C=O) groups is 3. The Bertz CT molecular complexity index is 394. The summed E-state index contributed by atoms with van der Waals surface area (Å²) in [7, 11) is 0. The van der Waals surface area contributed by atoms with Crippen molar-refractivity contribution in [2.24, 2.45) is 5.92 Å². The van der Waals surface area contributed by atoms with Crippen LogP contribution >= 0.6 is 31.9 Å². The van der Waals surface area contributed by atoms with Crippen LogP contribution in [-0.2, 0) is 23.9 Å². The summed E-state index contributed by atoms with van der Waals surface area (Å²) >= 11 is 6.27. The fourth-order valence-corrected chi connectivity index (χ4v) is 1.32. The largest absolute Gasteiger partial charge is 0.481 e. The zero-order valence-electron chi connectivity index (χ0n) is 12.4. The third-order valence-corrected chi connectivity index (χ3v) is 3.08. The fraction of sp³-hybridized carbons (Fsp3) is 0.769. The standard InChI is InChI=1S/C13H20Br2O6/c1-12(2,14)10(18)20-6-5-8(9(16)17)7-21-11(19)13(3,4)15/h8H,5-7H2,1-4H3,(H,16,17). The van der Waals surface area contributed by atoms with Crippen LogP contribution in [0.25, 0.3) is 0 Å². The summed E-state index contributed by atoms with van der Waals surface area (Å²) in [5, 5.41) is 9.06. The van der Waals surface area contributed by atoms with E-state index in [1.54, 1.807) is 27.7 Å². The van der Waals surface area contributed by atoms with Crippen molar-refractivity contribution in [3.63, 3.8) is 0 Å². The van der Waals surface area contributed by atoms with E-state index in [1.165, 1.54) is 0 Å². The van der Waals surface area contributed by atoms with E-state index in [2.05, 4.69) is 31.9 Å². The predicted molar refractivity (Wildman–Crippen MR) is 83.7 cm³/mol. The van der Waals surface area contributed by atoms with Crippen LogP contribution in [0, 0.1) is 5.92 Å². The summed E-state index contributed by atoms with van der Waals surface area (Å²) in [6, 6.07) is 0. The van der Waals surface area contributed by atoms with E-state index in [1.807, 2.05) is 0 Å². The minimum absolute atomic E-state index is 0.0555. The number of hydrogen-bond acceptors (Lipinski definition) is 5. The molecule has 0 aromatic rings.